The summed E-state index contributed by atoms with van der Waals surface area (Å²) < 4.78 is 2.01. The fourth-order valence-corrected chi connectivity index (χ4v) is 3.86. The molecule has 1 aliphatic heterocycles. The lowest BCUT2D eigenvalue weighted by Gasteiger charge is -2.28. The second-order valence-corrected chi connectivity index (χ2v) is 6.99. The summed E-state index contributed by atoms with van der Waals surface area (Å²) in [6, 6.07) is 0.378. The van der Waals surface area contributed by atoms with E-state index in [0.717, 1.165) is 44.3 Å². The molecule has 0 spiro atoms. The molecule has 0 saturated heterocycles. The zero-order chi connectivity index (χ0) is 16.1. The van der Waals surface area contributed by atoms with Crippen LogP contribution >= 0.6 is 0 Å². The Morgan fingerprint density at radius 2 is 2.22 bits per heavy atom. The van der Waals surface area contributed by atoms with E-state index in [1.807, 2.05) is 4.68 Å². The summed E-state index contributed by atoms with van der Waals surface area (Å²) in [7, 11) is 0. The van der Waals surface area contributed by atoms with Crippen LogP contribution in [0.3, 0.4) is 0 Å². The summed E-state index contributed by atoms with van der Waals surface area (Å²) >= 11 is 0. The summed E-state index contributed by atoms with van der Waals surface area (Å²) in [6.07, 6.45) is 10.4. The lowest BCUT2D eigenvalue weighted by molar-refractivity contribution is 0.296. The summed E-state index contributed by atoms with van der Waals surface area (Å²) in [5.41, 5.74) is 0.438. The fraction of sp³-hybridized carbons (Fsp3) is 0.824. The van der Waals surface area contributed by atoms with Crippen molar-refractivity contribution >= 4 is 5.96 Å². The van der Waals surface area contributed by atoms with E-state index in [4.69, 9.17) is 4.99 Å². The highest BCUT2D eigenvalue weighted by atomic mass is 15.4. The van der Waals surface area contributed by atoms with Gasteiger partial charge in [-0.25, -0.2) is 9.67 Å². The van der Waals surface area contributed by atoms with Crippen molar-refractivity contribution in [2.24, 2.45) is 10.4 Å². The van der Waals surface area contributed by atoms with Crippen molar-refractivity contribution in [3.05, 3.63) is 12.2 Å². The van der Waals surface area contributed by atoms with E-state index in [1.165, 1.54) is 32.1 Å². The van der Waals surface area contributed by atoms with E-state index in [-0.39, 0.29) is 0 Å². The molecule has 1 unspecified atom stereocenters. The first-order valence-corrected chi connectivity index (χ1v) is 9.16. The lowest BCUT2D eigenvalue weighted by Crippen LogP contribution is -2.47. The highest BCUT2D eigenvalue weighted by Gasteiger charge is 2.32. The predicted octanol–water partition coefficient (Wildman–Crippen LogP) is 2.12. The van der Waals surface area contributed by atoms with E-state index >= 15 is 0 Å². The molecule has 1 aliphatic carbocycles. The number of hydrogen-bond donors (Lipinski definition) is 2. The number of nitrogens with zero attached hydrogens (tertiary/aromatic N) is 4. The van der Waals surface area contributed by atoms with Gasteiger partial charge in [0.25, 0.3) is 0 Å². The van der Waals surface area contributed by atoms with Gasteiger partial charge in [-0.3, -0.25) is 4.99 Å². The monoisotopic (exact) mass is 318 g/mol. The topological polar surface area (TPSA) is 67.1 Å². The molecule has 6 heteroatoms. The second-order valence-electron chi connectivity index (χ2n) is 6.99. The molecule has 1 aromatic heterocycles. The Labute approximate surface area is 139 Å². The molecule has 1 fully saturated rings. The van der Waals surface area contributed by atoms with Crippen LogP contribution in [0.1, 0.15) is 58.2 Å². The number of fused-ring (bicyclic) bond motifs is 1. The van der Waals surface area contributed by atoms with E-state index in [1.54, 1.807) is 6.33 Å². The number of aliphatic imine (C=N–C) groups is 1. The highest BCUT2D eigenvalue weighted by molar-refractivity contribution is 5.80. The second kappa shape index (κ2) is 7.32. The molecule has 0 aromatic carbocycles. The average molecular weight is 318 g/mol. The Morgan fingerprint density at radius 1 is 1.39 bits per heavy atom. The van der Waals surface area contributed by atoms with E-state index in [2.05, 4.69) is 34.6 Å². The van der Waals surface area contributed by atoms with Crippen molar-refractivity contribution in [2.45, 2.75) is 71.4 Å². The quantitative estimate of drug-likeness (QED) is 0.644. The van der Waals surface area contributed by atoms with Gasteiger partial charge in [-0.05, 0) is 38.0 Å². The van der Waals surface area contributed by atoms with Crippen molar-refractivity contribution in [3.8, 4) is 0 Å². The van der Waals surface area contributed by atoms with Crippen molar-refractivity contribution in [3.63, 3.8) is 0 Å². The zero-order valence-electron chi connectivity index (χ0n) is 14.5. The Hall–Kier alpha value is -1.59. The van der Waals surface area contributed by atoms with Crippen LogP contribution in [0.2, 0.25) is 0 Å². The highest BCUT2D eigenvalue weighted by Crippen LogP contribution is 2.41. The largest absolute Gasteiger partial charge is 0.357 e. The van der Waals surface area contributed by atoms with Crippen LogP contribution in [0.25, 0.3) is 0 Å². The molecule has 0 radical (unpaired) electrons. The number of nitrogens with one attached hydrogen (secondary N) is 2. The van der Waals surface area contributed by atoms with Crippen LogP contribution < -0.4 is 10.6 Å². The lowest BCUT2D eigenvalue weighted by atomic mass is 9.84. The van der Waals surface area contributed by atoms with Gasteiger partial charge in [0, 0.05) is 25.6 Å². The number of aromatic nitrogens is 3. The van der Waals surface area contributed by atoms with Gasteiger partial charge >= 0.3 is 0 Å². The van der Waals surface area contributed by atoms with Crippen LogP contribution in [0.4, 0.5) is 0 Å². The molecule has 0 bridgehead atoms. The Balaban J connectivity index is 1.61. The smallest absolute Gasteiger partial charge is 0.191 e. The Morgan fingerprint density at radius 3 is 2.96 bits per heavy atom. The molecule has 128 valence electrons. The van der Waals surface area contributed by atoms with Crippen LogP contribution in [0.5, 0.6) is 0 Å². The van der Waals surface area contributed by atoms with Crippen molar-refractivity contribution in [2.75, 3.05) is 13.1 Å². The van der Waals surface area contributed by atoms with Gasteiger partial charge in [0.1, 0.15) is 12.2 Å². The molecule has 6 nitrogen and oxygen atoms in total. The summed E-state index contributed by atoms with van der Waals surface area (Å²) in [4.78, 5) is 9.22. The van der Waals surface area contributed by atoms with Crippen LogP contribution in [-0.4, -0.2) is 39.9 Å². The minimum atomic E-state index is 0.378. The van der Waals surface area contributed by atoms with Crippen LogP contribution in [0, 0.1) is 5.41 Å². The summed E-state index contributed by atoms with van der Waals surface area (Å²) in [6.45, 7) is 7.15. The standard InChI is InChI=1S/C17H30N6/c1-3-17(9-5-6-10-17)12-19-16(18-4-2)22-14-7-8-15-20-13-21-23(15)11-14/h13-14H,3-12H2,1-2H3,(H2,18,19,22). The third kappa shape index (κ3) is 3.85. The average Bonchev–Trinajstić information content (AvgIpc) is 3.22. The van der Waals surface area contributed by atoms with Crippen molar-refractivity contribution in [1.82, 2.24) is 25.4 Å². The maximum atomic E-state index is 4.93. The zero-order valence-corrected chi connectivity index (χ0v) is 14.5. The molecule has 0 amide bonds. The van der Waals surface area contributed by atoms with Gasteiger partial charge in [0.2, 0.25) is 0 Å². The predicted molar refractivity (Wildman–Crippen MR) is 92.4 cm³/mol. The normalized spacial score (nSPS) is 23.6. The number of aryl methyl sites for hydroxylation is 1. The molecule has 1 saturated carbocycles. The number of hydrogen-bond acceptors (Lipinski definition) is 3. The first kappa shape index (κ1) is 16.3. The first-order chi connectivity index (χ1) is 11.2. The SMILES string of the molecule is CCNC(=NCC1(CC)CCCC1)NC1CCc2ncnn2C1. The van der Waals surface area contributed by atoms with E-state index < -0.39 is 0 Å². The Kier molecular flexibility index (Phi) is 5.18. The van der Waals surface area contributed by atoms with Crippen molar-refractivity contribution < 1.29 is 0 Å². The van der Waals surface area contributed by atoms with Crippen LogP contribution in [-0.2, 0) is 13.0 Å². The third-order valence-electron chi connectivity index (χ3n) is 5.48. The number of guanidine groups is 1. The van der Waals surface area contributed by atoms with Crippen LogP contribution in [0.15, 0.2) is 11.3 Å². The molecular formula is C17H30N6. The van der Waals surface area contributed by atoms with Gasteiger partial charge in [-0.2, -0.15) is 5.10 Å². The Bertz CT molecular complexity index is 529. The maximum absolute atomic E-state index is 4.93. The van der Waals surface area contributed by atoms with Gasteiger partial charge < -0.3 is 10.6 Å². The van der Waals surface area contributed by atoms with Gasteiger partial charge in [0.05, 0.1) is 6.54 Å². The molecule has 1 atom stereocenters. The molecule has 2 heterocycles. The molecule has 2 aliphatic rings. The molecule has 2 N–H and O–H groups in total. The maximum Gasteiger partial charge on any atom is 0.191 e. The minimum absolute atomic E-state index is 0.378. The molecule has 3 rings (SSSR count). The summed E-state index contributed by atoms with van der Waals surface area (Å²) in [5.74, 6) is 2.06. The van der Waals surface area contributed by atoms with Crippen molar-refractivity contribution in [1.29, 1.82) is 0 Å². The molecular weight excluding hydrogens is 288 g/mol. The third-order valence-corrected chi connectivity index (χ3v) is 5.48. The van der Waals surface area contributed by atoms with Gasteiger partial charge in [-0.1, -0.05) is 19.8 Å². The van der Waals surface area contributed by atoms with E-state index in [9.17, 15) is 0 Å². The fourth-order valence-electron chi connectivity index (χ4n) is 3.86. The first-order valence-electron chi connectivity index (χ1n) is 9.16. The molecule has 23 heavy (non-hydrogen) atoms. The molecule has 1 aromatic rings. The minimum Gasteiger partial charge on any atom is -0.357 e. The van der Waals surface area contributed by atoms with E-state index in [0.29, 0.717) is 11.5 Å². The summed E-state index contributed by atoms with van der Waals surface area (Å²) in [5, 5.41) is 11.3. The van der Waals surface area contributed by atoms with Gasteiger partial charge in [-0.15, -0.1) is 0 Å². The number of rotatable bonds is 5. The van der Waals surface area contributed by atoms with Gasteiger partial charge in [0.15, 0.2) is 5.96 Å².